The first-order valence-corrected chi connectivity index (χ1v) is 6.87. The molecule has 4 heteroatoms. The van der Waals surface area contributed by atoms with Crippen molar-refractivity contribution in [2.45, 2.75) is 6.92 Å². The van der Waals surface area contributed by atoms with Gasteiger partial charge in [-0.1, -0.05) is 28.1 Å². The second kappa shape index (κ2) is 4.80. The Kier molecular flexibility index (Phi) is 3.10. The predicted octanol–water partition coefficient (Wildman–Crippen LogP) is 4.87. The van der Waals surface area contributed by atoms with Gasteiger partial charge in [-0.3, -0.25) is 0 Å². The van der Waals surface area contributed by atoms with Gasteiger partial charge >= 0.3 is 5.97 Å². The van der Waals surface area contributed by atoms with Crippen molar-refractivity contribution in [3.63, 3.8) is 0 Å². The first kappa shape index (κ1) is 12.9. The van der Waals surface area contributed by atoms with Crippen molar-refractivity contribution >= 4 is 32.9 Å². The molecule has 100 valence electrons. The topological polar surface area (TPSA) is 50.4 Å². The number of carbonyl (C=O) groups is 1. The van der Waals surface area contributed by atoms with Crippen molar-refractivity contribution in [1.82, 2.24) is 0 Å². The molecule has 0 fully saturated rings. The number of benzene rings is 2. The molecule has 3 nitrogen and oxygen atoms in total. The molecule has 0 aliphatic rings. The molecule has 0 saturated carbocycles. The van der Waals surface area contributed by atoms with Crippen LogP contribution >= 0.6 is 15.9 Å². The number of furan rings is 1. The molecule has 1 N–H and O–H groups in total. The van der Waals surface area contributed by atoms with Crippen molar-refractivity contribution in [3.05, 3.63) is 58.1 Å². The SMILES string of the molecule is Cc1cc(C(=O)O)c2cc(-c3ccc(Br)cc3)oc2c1. The Morgan fingerprint density at radius 3 is 2.50 bits per heavy atom. The lowest BCUT2D eigenvalue weighted by atomic mass is 10.1. The molecule has 0 aliphatic carbocycles. The zero-order valence-corrected chi connectivity index (χ0v) is 12.3. The van der Waals surface area contributed by atoms with Gasteiger partial charge in [-0.25, -0.2) is 4.79 Å². The molecule has 0 saturated heterocycles. The number of fused-ring (bicyclic) bond motifs is 1. The van der Waals surface area contributed by atoms with Crippen LogP contribution in [0.3, 0.4) is 0 Å². The van der Waals surface area contributed by atoms with E-state index in [4.69, 9.17) is 4.42 Å². The van der Waals surface area contributed by atoms with Crippen molar-refractivity contribution in [3.8, 4) is 11.3 Å². The normalized spacial score (nSPS) is 10.9. The van der Waals surface area contributed by atoms with Crippen LogP contribution in [0, 0.1) is 6.92 Å². The van der Waals surface area contributed by atoms with E-state index in [-0.39, 0.29) is 5.56 Å². The van der Waals surface area contributed by atoms with Crippen LogP contribution in [0.4, 0.5) is 0 Å². The van der Waals surface area contributed by atoms with Crippen LogP contribution in [-0.4, -0.2) is 11.1 Å². The van der Waals surface area contributed by atoms with E-state index < -0.39 is 5.97 Å². The van der Waals surface area contributed by atoms with Gasteiger partial charge in [0, 0.05) is 15.4 Å². The summed E-state index contributed by atoms with van der Waals surface area (Å²) < 4.78 is 6.77. The van der Waals surface area contributed by atoms with E-state index in [0.717, 1.165) is 15.6 Å². The Morgan fingerprint density at radius 2 is 1.85 bits per heavy atom. The second-order valence-electron chi connectivity index (χ2n) is 4.65. The molecule has 0 radical (unpaired) electrons. The Labute approximate surface area is 124 Å². The molecular weight excluding hydrogens is 320 g/mol. The summed E-state index contributed by atoms with van der Waals surface area (Å²) in [5.41, 5.74) is 2.65. The summed E-state index contributed by atoms with van der Waals surface area (Å²) in [6.07, 6.45) is 0. The van der Waals surface area contributed by atoms with Crippen molar-refractivity contribution in [2.24, 2.45) is 0 Å². The summed E-state index contributed by atoms with van der Waals surface area (Å²) >= 11 is 3.38. The van der Waals surface area contributed by atoms with E-state index in [2.05, 4.69) is 15.9 Å². The third-order valence-corrected chi connectivity index (χ3v) is 3.67. The number of carboxylic acids is 1. The summed E-state index contributed by atoms with van der Waals surface area (Å²) in [5.74, 6) is -0.276. The van der Waals surface area contributed by atoms with Crippen LogP contribution in [0.2, 0.25) is 0 Å². The second-order valence-corrected chi connectivity index (χ2v) is 5.56. The minimum atomic E-state index is -0.943. The van der Waals surface area contributed by atoms with Crippen LogP contribution in [0.1, 0.15) is 15.9 Å². The third kappa shape index (κ3) is 2.23. The summed E-state index contributed by atoms with van der Waals surface area (Å²) in [6.45, 7) is 1.85. The van der Waals surface area contributed by atoms with Gasteiger partial charge in [0.25, 0.3) is 0 Å². The molecule has 0 atom stereocenters. The highest BCUT2D eigenvalue weighted by Crippen LogP contribution is 2.31. The molecule has 0 aliphatic heterocycles. The van der Waals surface area contributed by atoms with E-state index in [9.17, 15) is 9.90 Å². The lowest BCUT2D eigenvalue weighted by Crippen LogP contribution is -1.96. The van der Waals surface area contributed by atoms with Crippen LogP contribution in [0.15, 0.2) is 51.4 Å². The number of halogens is 1. The van der Waals surface area contributed by atoms with Gasteiger partial charge in [-0.05, 0) is 42.8 Å². The highest BCUT2D eigenvalue weighted by atomic mass is 79.9. The largest absolute Gasteiger partial charge is 0.478 e. The fourth-order valence-corrected chi connectivity index (χ4v) is 2.47. The summed E-state index contributed by atoms with van der Waals surface area (Å²) in [7, 11) is 0. The highest BCUT2D eigenvalue weighted by Gasteiger charge is 2.14. The number of rotatable bonds is 2. The minimum Gasteiger partial charge on any atom is -0.478 e. The van der Waals surface area contributed by atoms with Gasteiger partial charge < -0.3 is 9.52 Å². The minimum absolute atomic E-state index is 0.270. The van der Waals surface area contributed by atoms with Gasteiger partial charge in [0.15, 0.2) is 0 Å². The van der Waals surface area contributed by atoms with Gasteiger partial charge in [0.2, 0.25) is 0 Å². The Hall–Kier alpha value is -2.07. The number of hydrogen-bond donors (Lipinski definition) is 1. The van der Waals surface area contributed by atoms with Gasteiger partial charge in [-0.15, -0.1) is 0 Å². The Balaban J connectivity index is 2.22. The average molecular weight is 331 g/mol. The molecule has 3 aromatic rings. The molecule has 0 bridgehead atoms. The third-order valence-electron chi connectivity index (χ3n) is 3.14. The molecule has 0 amide bonds. The Morgan fingerprint density at radius 1 is 1.15 bits per heavy atom. The summed E-state index contributed by atoms with van der Waals surface area (Å²) in [6, 6.07) is 13.0. The van der Waals surface area contributed by atoms with Gasteiger partial charge in [-0.2, -0.15) is 0 Å². The van der Waals surface area contributed by atoms with E-state index in [1.807, 2.05) is 37.3 Å². The maximum absolute atomic E-state index is 11.3. The van der Waals surface area contributed by atoms with Crippen LogP contribution in [-0.2, 0) is 0 Å². The molecule has 1 aromatic heterocycles. The predicted molar refractivity (Wildman–Crippen MR) is 81.0 cm³/mol. The number of aryl methyl sites for hydroxylation is 1. The first-order valence-electron chi connectivity index (χ1n) is 6.08. The quantitative estimate of drug-likeness (QED) is 0.729. The lowest BCUT2D eigenvalue weighted by molar-refractivity contribution is 0.0699. The molecule has 1 heterocycles. The molecule has 3 rings (SSSR count). The van der Waals surface area contributed by atoms with Crippen molar-refractivity contribution < 1.29 is 14.3 Å². The van der Waals surface area contributed by atoms with Gasteiger partial charge in [0.05, 0.1) is 5.56 Å². The van der Waals surface area contributed by atoms with Crippen LogP contribution < -0.4 is 0 Å². The van der Waals surface area contributed by atoms with E-state index >= 15 is 0 Å². The zero-order chi connectivity index (χ0) is 14.3. The monoisotopic (exact) mass is 330 g/mol. The standard InChI is InChI=1S/C16H11BrO3/c1-9-6-13(16(18)19)12-8-14(20-15(12)7-9)10-2-4-11(17)5-3-10/h2-8H,1H3,(H,18,19). The van der Waals surface area contributed by atoms with Crippen LogP contribution in [0.25, 0.3) is 22.3 Å². The fraction of sp³-hybridized carbons (Fsp3) is 0.0625. The molecule has 0 unspecified atom stereocenters. The number of hydrogen-bond acceptors (Lipinski definition) is 2. The van der Waals surface area contributed by atoms with E-state index in [1.165, 1.54) is 0 Å². The highest BCUT2D eigenvalue weighted by molar-refractivity contribution is 9.10. The molecule has 20 heavy (non-hydrogen) atoms. The lowest BCUT2D eigenvalue weighted by Gasteiger charge is -1.98. The zero-order valence-electron chi connectivity index (χ0n) is 10.7. The van der Waals surface area contributed by atoms with Crippen molar-refractivity contribution in [2.75, 3.05) is 0 Å². The smallest absolute Gasteiger partial charge is 0.336 e. The first-order chi connectivity index (χ1) is 9.54. The fourth-order valence-electron chi connectivity index (χ4n) is 2.21. The number of carboxylic acid groups (broad SMARTS) is 1. The maximum atomic E-state index is 11.3. The summed E-state index contributed by atoms with van der Waals surface area (Å²) in [4.78, 5) is 11.3. The average Bonchev–Trinajstić information content (AvgIpc) is 2.81. The summed E-state index contributed by atoms with van der Waals surface area (Å²) in [5, 5.41) is 9.90. The number of aromatic carboxylic acids is 1. The van der Waals surface area contributed by atoms with Crippen molar-refractivity contribution in [1.29, 1.82) is 0 Å². The maximum Gasteiger partial charge on any atom is 0.336 e. The van der Waals surface area contributed by atoms with E-state index in [0.29, 0.717) is 16.7 Å². The Bertz CT molecular complexity index is 800. The molecule has 0 spiro atoms. The van der Waals surface area contributed by atoms with Gasteiger partial charge in [0.1, 0.15) is 11.3 Å². The molecular formula is C16H11BrO3. The van der Waals surface area contributed by atoms with Crippen LogP contribution in [0.5, 0.6) is 0 Å². The molecule has 2 aromatic carbocycles. The van der Waals surface area contributed by atoms with E-state index in [1.54, 1.807) is 12.1 Å².